The summed E-state index contributed by atoms with van der Waals surface area (Å²) in [4.78, 5) is 12.1. The van der Waals surface area contributed by atoms with Gasteiger partial charge in [0.05, 0.1) is 12.3 Å². The molecule has 0 aromatic heterocycles. The minimum absolute atomic E-state index is 0.359. The lowest BCUT2D eigenvalue weighted by Crippen LogP contribution is -2.35. The van der Waals surface area contributed by atoms with E-state index in [1.165, 1.54) is 0 Å². The van der Waals surface area contributed by atoms with Gasteiger partial charge in [-0.3, -0.25) is 5.01 Å². The minimum atomic E-state index is -0.541. The Kier molecular flexibility index (Phi) is 5.88. The van der Waals surface area contributed by atoms with E-state index in [0.29, 0.717) is 5.02 Å². The molecule has 0 aliphatic carbocycles. The Bertz CT molecular complexity index is 546. The molecule has 0 saturated carbocycles. The Morgan fingerprint density at radius 2 is 1.91 bits per heavy atom. The highest BCUT2D eigenvalue weighted by atomic mass is 35.5. The smallest absolute Gasteiger partial charge is 0.408 e. The summed E-state index contributed by atoms with van der Waals surface area (Å²) < 4.78 is 5.33. The van der Waals surface area contributed by atoms with Gasteiger partial charge in [0.1, 0.15) is 5.60 Å². The number of carbonyl (C=O) groups excluding carboxylic acids is 1. The quantitative estimate of drug-likeness (QED) is 0.845. The van der Waals surface area contributed by atoms with Crippen molar-refractivity contribution in [2.45, 2.75) is 45.3 Å². The van der Waals surface area contributed by atoms with Crippen molar-refractivity contribution < 1.29 is 9.53 Å². The Labute approximate surface area is 142 Å². The van der Waals surface area contributed by atoms with Crippen molar-refractivity contribution in [2.24, 2.45) is 5.10 Å². The molecule has 1 heterocycles. The van der Waals surface area contributed by atoms with Gasteiger partial charge in [-0.15, -0.1) is 0 Å². The fraction of sp³-hybridized carbons (Fsp3) is 0.529. The van der Waals surface area contributed by atoms with Crippen LogP contribution in [0.5, 0.6) is 0 Å². The molecule has 1 aliphatic rings. The van der Waals surface area contributed by atoms with E-state index < -0.39 is 11.7 Å². The number of benzene rings is 1. The fourth-order valence-corrected chi connectivity index (χ4v) is 2.41. The second-order valence-corrected chi connectivity index (χ2v) is 7.04. The van der Waals surface area contributed by atoms with Gasteiger partial charge in [-0.25, -0.2) is 4.79 Å². The lowest BCUT2D eigenvalue weighted by molar-refractivity contribution is 0.0518. The first-order chi connectivity index (χ1) is 10.8. The number of rotatable bonds is 4. The molecule has 1 fully saturated rings. The first kappa shape index (κ1) is 17.6. The summed E-state index contributed by atoms with van der Waals surface area (Å²) in [5.41, 5.74) is 0.365. The van der Waals surface area contributed by atoms with Gasteiger partial charge in [-0.1, -0.05) is 23.7 Å². The summed E-state index contributed by atoms with van der Waals surface area (Å²) in [6.07, 6.45) is 3.59. The highest BCUT2D eigenvalue weighted by Gasteiger charge is 2.20. The monoisotopic (exact) mass is 337 g/mol. The number of nitrogens with one attached hydrogen (secondary N) is 1. The van der Waals surface area contributed by atoms with Gasteiger partial charge in [0, 0.05) is 18.1 Å². The first-order valence-corrected chi connectivity index (χ1v) is 8.25. The van der Waals surface area contributed by atoms with Gasteiger partial charge >= 0.3 is 6.09 Å². The van der Waals surface area contributed by atoms with Gasteiger partial charge in [0.15, 0.2) is 0 Å². The van der Waals surface area contributed by atoms with Crippen LogP contribution in [-0.4, -0.2) is 36.0 Å². The molecule has 1 N–H and O–H groups in total. The molecule has 1 atom stereocenters. The van der Waals surface area contributed by atoms with E-state index in [2.05, 4.69) is 10.4 Å². The molecule has 0 unspecified atom stereocenters. The zero-order valence-corrected chi connectivity index (χ0v) is 14.6. The van der Waals surface area contributed by atoms with Gasteiger partial charge in [0.2, 0.25) is 0 Å². The summed E-state index contributed by atoms with van der Waals surface area (Å²) in [6.45, 7) is 7.42. The van der Waals surface area contributed by atoms with Crippen LogP contribution in [0.15, 0.2) is 29.4 Å². The largest absolute Gasteiger partial charge is 0.444 e. The Morgan fingerprint density at radius 1 is 1.30 bits per heavy atom. The number of ether oxygens (including phenoxy) is 1. The summed E-state index contributed by atoms with van der Waals surface area (Å²) in [5, 5.41) is 10.00. The maximum absolute atomic E-state index is 12.1. The molecule has 1 amide bonds. The highest BCUT2D eigenvalue weighted by Crippen LogP contribution is 2.17. The summed E-state index contributed by atoms with van der Waals surface area (Å²) in [5.74, 6) is 0. The van der Waals surface area contributed by atoms with Gasteiger partial charge in [0.25, 0.3) is 0 Å². The van der Waals surface area contributed by atoms with E-state index in [1.807, 2.05) is 37.9 Å². The van der Waals surface area contributed by atoms with Crippen LogP contribution in [0.25, 0.3) is 0 Å². The minimum Gasteiger partial charge on any atom is -0.444 e. The van der Waals surface area contributed by atoms with Crippen LogP contribution >= 0.6 is 11.6 Å². The van der Waals surface area contributed by atoms with Gasteiger partial charge in [-0.05, 0) is 51.3 Å². The fourth-order valence-electron chi connectivity index (χ4n) is 2.29. The van der Waals surface area contributed by atoms with Crippen molar-refractivity contribution in [3.05, 3.63) is 34.9 Å². The molecule has 0 spiro atoms. The highest BCUT2D eigenvalue weighted by molar-refractivity contribution is 6.30. The number of alkyl carbamates (subject to hydrolysis) is 1. The molecule has 0 bridgehead atoms. The van der Waals surface area contributed by atoms with Gasteiger partial charge < -0.3 is 10.1 Å². The van der Waals surface area contributed by atoms with E-state index in [0.717, 1.165) is 31.5 Å². The lowest BCUT2D eigenvalue weighted by atomic mass is 10.1. The zero-order valence-electron chi connectivity index (χ0n) is 13.9. The SMILES string of the molecule is CC(C)(C)OC(=O)N[C@H](/C=N/N1CCCC1)c1ccc(Cl)cc1. The van der Waals surface area contributed by atoms with Crippen LogP contribution in [-0.2, 0) is 4.74 Å². The molecule has 126 valence electrons. The standard InChI is InChI=1S/C17H24ClN3O2/c1-17(2,3)23-16(22)20-15(12-19-21-10-4-5-11-21)13-6-8-14(18)9-7-13/h6-9,12,15H,4-5,10-11H2,1-3H3,(H,20,22)/b19-12+/t15-/m1/s1. The van der Waals surface area contributed by atoms with E-state index in [4.69, 9.17) is 16.3 Å². The molecular formula is C17H24ClN3O2. The third-order valence-electron chi connectivity index (χ3n) is 3.36. The molecule has 23 heavy (non-hydrogen) atoms. The Morgan fingerprint density at radius 3 is 2.48 bits per heavy atom. The number of hydrazone groups is 1. The Hall–Kier alpha value is -1.75. The van der Waals surface area contributed by atoms with E-state index in [1.54, 1.807) is 18.3 Å². The third kappa shape index (κ3) is 6.10. The maximum Gasteiger partial charge on any atom is 0.408 e. The van der Waals surface area contributed by atoms with Crippen molar-refractivity contribution in [1.82, 2.24) is 10.3 Å². The van der Waals surface area contributed by atoms with Gasteiger partial charge in [-0.2, -0.15) is 5.10 Å². The first-order valence-electron chi connectivity index (χ1n) is 7.87. The number of nitrogens with zero attached hydrogens (tertiary/aromatic N) is 2. The summed E-state index contributed by atoms with van der Waals surface area (Å²) >= 11 is 5.94. The molecule has 6 heteroatoms. The van der Waals surface area contributed by atoms with E-state index >= 15 is 0 Å². The lowest BCUT2D eigenvalue weighted by Gasteiger charge is -2.22. The predicted octanol–water partition coefficient (Wildman–Crippen LogP) is 3.99. The number of carbonyl (C=O) groups is 1. The van der Waals surface area contributed by atoms with Crippen molar-refractivity contribution in [3.63, 3.8) is 0 Å². The van der Waals surface area contributed by atoms with Crippen molar-refractivity contribution in [2.75, 3.05) is 13.1 Å². The summed E-state index contributed by atoms with van der Waals surface area (Å²) in [7, 11) is 0. The van der Waals surface area contributed by atoms with Crippen LogP contribution < -0.4 is 5.32 Å². The third-order valence-corrected chi connectivity index (χ3v) is 3.61. The second kappa shape index (κ2) is 7.68. The molecule has 1 aliphatic heterocycles. The predicted molar refractivity (Wildman–Crippen MR) is 92.9 cm³/mol. The maximum atomic E-state index is 12.1. The molecular weight excluding hydrogens is 314 g/mol. The zero-order chi connectivity index (χ0) is 16.9. The van der Waals surface area contributed by atoms with Crippen LogP contribution in [0.3, 0.4) is 0 Å². The normalized spacial score (nSPS) is 16.6. The topological polar surface area (TPSA) is 53.9 Å². The molecule has 1 saturated heterocycles. The number of halogens is 1. The number of hydrogen-bond donors (Lipinski definition) is 1. The van der Waals surface area contributed by atoms with Crippen molar-refractivity contribution in [3.8, 4) is 0 Å². The molecule has 1 aromatic rings. The van der Waals surface area contributed by atoms with Crippen LogP contribution in [0, 0.1) is 0 Å². The number of amides is 1. The summed E-state index contributed by atoms with van der Waals surface area (Å²) in [6, 6.07) is 6.98. The number of hydrogen-bond acceptors (Lipinski definition) is 4. The van der Waals surface area contributed by atoms with Crippen molar-refractivity contribution in [1.29, 1.82) is 0 Å². The molecule has 5 nitrogen and oxygen atoms in total. The molecule has 1 aromatic carbocycles. The molecule has 2 rings (SSSR count). The van der Waals surface area contributed by atoms with Crippen LogP contribution in [0.4, 0.5) is 4.79 Å². The van der Waals surface area contributed by atoms with Crippen molar-refractivity contribution >= 4 is 23.9 Å². The molecule has 0 radical (unpaired) electrons. The van der Waals surface area contributed by atoms with Crippen LogP contribution in [0.1, 0.15) is 45.2 Å². The van der Waals surface area contributed by atoms with E-state index in [-0.39, 0.29) is 6.04 Å². The average molecular weight is 338 g/mol. The Balaban J connectivity index is 2.10. The average Bonchev–Trinajstić information content (AvgIpc) is 2.95. The van der Waals surface area contributed by atoms with E-state index in [9.17, 15) is 4.79 Å². The van der Waals surface area contributed by atoms with Crippen LogP contribution in [0.2, 0.25) is 5.02 Å². The second-order valence-electron chi connectivity index (χ2n) is 6.60.